The molecule has 1 aliphatic heterocycles. The van der Waals surface area contributed by atoms with Crippen molar-refractivity contribution in [2.24, 2.45) is 5.92 Å². The van der Waals surface area contributed by atoms with Gasteiger partial charge >= 0.3 is 12.0 Å². The molecule has 1 heterocycles. The van der Waals surface area contributed by atoms with Crippen molar-refractivity contribution in [1.82, 2.24) is 9.80 Å². The Morgan fingerprint density at radius 2 is 2.25 bits per heavy atom. The lowest BCUT2D eigenvalue weighted by Crippen LogP contribution is -2.49. The van der Waals surface area contributed by atoms with E-state index < -0.39 is 12.0 Å². The van der Waals surface area contributed by atoms with Crippen molar-refractivity contribution in [3.8, 4) is 6.07 Å². The van der Waals surface area contributed by atoms with Crippen LogP contribution in [0.5, 0.6) is 0 Å². The van der Waals surface area contributed by atoms with Crippen molar-refractivity contribution in [2.45, 2.75) is 32.4 Å². The number of likely N-dealkylation sites (tertiary alicyclic amines) is 1. The Morgan fingerprint density at radius 1 is 1.60 bits per heavy atom. The minimum atomic E-state index is -1.03. The number of aliphatic carboxylic acids is 1. The molecule has 0 aromatic heterocycles. The molecule has 1 N–H and O–H groups in total. The Hall–Kier alpha value is -1.81. The maximum absolute atomic E-state index is 12.4. The molecule has 1 fully saturated rings. The first-order chi connectivity index (χ1) is 9.44. The van der Waals surface area contributed by atoms with Gasteiger partial charge in [0.25, 0.3) is 0 Å². The number of carbonyl (C=O) groups is 2. The van der Waals surface area contributed by atoms with E-state index in [-0.39, 0.29) is 24.6 Å². The summed E-state index contributed by atoms with van der Waals surface area (Å²) in [6.07, 6.45) is 0.0373. The predicted molar refractivity (Wildman–Crippen MR) is 71.0 cm³/mol. The summed E-state index contributed by atoms with van der Waals surface area (Å²) in [4.78, 5) is 26.5. The summed E-state index contributed by atoms with van der Waals surface area (Å²) in [6.45, 7) is 4.54. The van der Waals surface area contributed by atoms with Crippen LogP contribution in [0.2, 0.25) is 0 Å². The number of carboxylic acids is 1. The molecule has 1 saturated heterocycles. The summed E-state index contributed by atoms with van der Waals surface area (Å²) in [6, 6.07) is 0.868. The number of rotatable bonds is 5. The standard InChI is InChI=1S/C13H21N3O4/c1-4-15(7-9(2)6-14)13(19)16-8-10(20-3)5-11(16)12(17)18/h9-11H,4-5,7-8H2,1-3H3,(H,17,18). The van der Waals surface area contributed by atoms with Crippen LogP contribution in [-0.4, -0.2) is 65.8 Å². The Labute approximate surface area is 118 Å². The third-order valence-electron chi connectivity index (χ3n) is 3.49. The Balaban J connectivity index is 2.82. The molecule has 3 unspecified atom stereocenters. The Bertz CT molecular complexity index is 407. The van der Waals surface area contributed by atoms with Crippen LogP contribution in [0.25, 0.3) is 0 Å². The van der Waals surface area contributed by atoms with E-state index in [9.17, 15) is 14.7 Å². The lowest BCUT2D eigenvalue weighted by Gasteiger charge is -2.30. The first-order valence-electron chi connectivity index (χ1n) is 6.65. The largest absolute Gasteiger partial charge is 0.480 e. The quantitative estimate of drug-likeness (QED) is 0.804. The van der Waals surface area contributed by atoms with Crippen molar-refractivity contribution in [3.63, 3.8) is 0 Å². The van der Waals surface area contributed by atoms with Gasteiger partial charge in [0.15, 0.2) is 0 Å². The highest BCUT2D eigenvalue weighted by Gasteiger charge is 2.41. The summed E-state index contributed by atoms with van der Waals surface area (Å²) < 4.78 is 5.16. The lowest BCUT2D eigenvalue weighted by atomic mass is 10.2. The van der Waals surface area contributed by atoms with Crippen LogP contribution in [0, 0.1) is 17.2 Å². The van der Waals surface area contributed by atoms with Crippen LogP contribution in [0.1, 0.15) is 20.3 Å². The van der Waals surface area contributed by atoms with Crippen LogP contribution < -0.4 is 0 Å². The smallest absolute Gasteiger partial charge is 0.326 e. The predicted octanol–water partition coefficient (Wildman–Crippen LogP) is 0.762. The summed E-state index contributed by atoms with van der Waals surface area (Å²) in [5, 5.41) is 18.0. The minimum Gasteiger partial charge on any atom is -0.480 e. The molecule has 0 aromatic carbocycles. The highest BCUT2D eigenvalue weighted by atomic mass is 16.5. The van der Waals surface area contributed by atoms with Gasteiger partial charge in [-0.05, 0) is 13.8 Å². The minimum absolute atomic E-state index is 0.257. The monoisotopic (exact) mass is 283 g/mol. The number of amides is 2. The molecule has 0 aromatic rings. The fraction of sp³-hybridized carbons (Fsp3) is 0.769. The molecule has 0 saturated carbocycles. The van der Waals surface area contributed by atoms with E-state index in [1.54, 1.807) is 6.92 Å². The van der Waals surface area contributed by atoms with Gasteiger partial charge in [0, 0.05) is 33.2 Å². The van der Waals surface area contributed by atoms with E-state index in [0.717, 1.165) is 0 Å². The van der Waals surface area contributed by atoms with Gasteiger partial charge in [-0.2, -0.15) is 5.26 Å². The Morgan fingerprint density at radius 3 is 2.70 bits per heavy atom. The average Bonchev–Trinajstić information content (AvgIpc) is 2.88. The van der Waals surface area contributed by atoms with Crippen molar-refractivity contribution < 1.29 is 19.4 Å². The van der Waals surface area contributed by atoms with Gasteiger partial charge in [-0.1, -0.05) is 0 Å². The molecule has 0 radical (unpaired) electrons. The molecule has 7 nitrogen and oxygen atoms in total. The van der Waals surface area contributed by atoms with Crippen LogP contribution in [0.15, 0.2) is 0 Å². The molecule has 0 aliphatic carbocycles. The van der Waals surface area contributed by atoms with Crippen molar-refractivity contribution in [1.29, 1.82) is 5.26 Å². The molecular formula is C13H21N3O4. The molecule has 20 heavy (non-hydrogen) atoms. The number of hydrogen-bond acceptors (Lipinski definition) is 4. The number of methoxy groups -OCH3 is 1. The van der Waals surface area contributed by atoms with Gasteiger partial charge in [0.2, 0.25) is 0 Å². The summed E-state index contributed by atoms with van der Waals surface area (Å²) in [5.74, 6) is -1.31. The average molecular weight is 283 g/mol. The van der Waals surface area contributed by atoms with Gasteiger partial charge < -0.3 is 19.6 Å². The second-order valence-electron chi connectivity index (χ2n) is 4.95. The van der Waals surface area contributed by atoms with Crippen molar-refractivity contribution >= 4 is 12.0 Å². The first-order valence-corrected chi connectivity index (χ1v) is 6.65. The van der Waals surface area contributed by atoms with E-state index in [1.165, 1.54) is 16.9 Å². The number of carbonyl (C=O) groups excluding carboxylic acids is 1. The van der Waals surface area contributed by atoms with Crippen LogP contribution >= 0.6 is 0 Å². The molecule has 3 atom stereocenters. The molecule has 1 rings (SSSR count). The van der Waals surface area contributed by atoms with Gasteiger partial charge in [-0.3, -0.25) is 0 Å². The lowest BCUT2D eigenvalue weighted by molar-refractivity contribution is -0.141. The number of nitrogens with zero attached hydrogens (tertiary/aromatic N) is 3. The van der Waals surface area contributed by atoms with E-state index in [1.807, 2.05) is 6.92 Å². The zero-order valence-electron chi connectivity index (χ0n) is 12.1. The zero-order chi connectivity index (χ0) is 15.3. The first kappa shape index (κ1) is 16.2. The van der Waals surface area contributed by atoms with Crippen LogP contribution in [0.3, 0.4) is 0 Å². The molecule has 0 bridgehead atoms. The Kier molecular flexibility index (Phi) is 5.77. The van der Waals surface area contributed by atoms with Crippen molar-refractivity contribution in [2.75, 3.05) is 26.7 Å². The highest BCUT2D eigenvalue weighted by Crippen LogP contribution is 2.22. The van der Waals surface area contributed by atoms with Gasteiger partial charge in [0.05, 0.1) is 18.1 Å². The second kappa shape index (κ2) is 7.10. The fourth-order valence-corrected chi connectivity index (χ4v) is 2.31. The number of hydrogen-bond donors (Lipinski definition) is 1. The maximum atomic E-state index is 12.4. The summed E-state index contributed by atoms with van der Waals surface area (Å²) in [7, 11) is 1.51. The van der Waals surface area contributed by atoms with E-state index in [2.05, 4.69) is 6.07 Å². The number of ether oxygens (including phenoxy) is 1. The van der Waals surface area contributed by atoms with Gasteiger partial charge in [-0.25, -0.2) is 9.59 Å². The van der Waals surface area contributed by atoms with Crippen LogP contribution in [-0.2, 0) is 9.53 Å². The number of nitriles is 1. The summed E-state index contributed by atoms with van der Waals surface area (Å²) in [5.41, 5.74) is 0. The fourth-order valence-electron chi connectivity index (χ4n) is 2.31. The zero-order valence-corrected chi connectivity index (χ0v) is 12.1. The SMILES string of the molecule is CCN(CC(C)C#N)C(=O)N1CC(OC)CC1C(=O)O. The molecule has 0 spiro atoms. The maximum Gasteiger partial charge on any atom is 0.326 e. The third-order valence-corrected chi connectivity index (χ3v) is 3.49. The topological polar surface area (TPSA) is 93.9 Å². The third kappa shape index (κ3) is 3.61. The normalized spacial score (nSPS) is 23.2. The van der Waals surface area contributed by atoms with E-state index >= 15 is 0 Å². The van der Waals surface area contributed by atoms with Gasteiger partial charge in [0.1, 0.15) is 6.04 Å². The number of urea groups is 1. The molecular weight excluding hydrogens is 262 g/mol. The second-order valence-corrected chi connectivity index (χ2v) is 4.95. The van der Waals surface area contributed by atoms with Crippen molar-refractivity contribution in [3.05, 3.63) is 0 Å². The number of carboxylic acid groups (broad SMARTS) is 1. The van der Waals surface area contributed by atoms with Crippen LogP contribution in [0.4, 0.5) is 4.79 Å². The molecule has 1 aliphatic rings. The van der Waals surface area contributed by atoms with Gasteiger partial charge in [-0.15, -0.1) is 0 Å². The van der Waals surface area contributed by atoms with E-state index in [4.69, 9.17) is 10.00 Å². The molecule has 7 heteroatoms. The molecule has 112 valence electrons. The highest BCUT2D eigenvalue weighted by molar-refractivity contribution is 5.83. The molecule has 2 amide bonds. The summed E-state index contributed by atoms with van der Waals surface area (Å²) >= 11 is 0. The van der Waals surface area contributed by atoms with E-state index in [0.29, 0.717) is 19.5 Å².